The van der Waals surface area contributed by atoms with Gasteiger partial charge in [0.1, 0.15) is 5.56 Å². The molecule has 0 radical (unpaired) electrons. The summed E-state index contributed by atoms with van der Waals surface area (Å²) < 4.78 is 12.1. The van der Waals surface area contributed by atoms with Crippen molar-refractivity contribution in [3.63, 3.8) is 0 Å². The van der Waals surface area contributed by atoms with Gasteiger partial charge in [-0.3, -0.25) is 14.8 Å². The van der Waals surface area contributed by atoms with Crippen LogP contribution in [-0.4, -0.2) is 27.2 Å². The van der Waals surface area contributed by atoms with Gasteiger partial charge >= 0.3 is 5.69 Å². The lowest BCUT2D eigenvalue weighted by atomic mass is 10.0. The second kappa shape index (κ2) is 8.76. The fraction of sp³-hybridized carbons (Fsp3) is 0.148. The summed E-state index contributed by atoms with van der Waals surface area (Å²) in [6.07, 6.45) is 0.335. The highest BCUT2D eigenvalue weighted by Crippen LogP contribution is 2.47. The van der Waals surface area contributed by atoms with E-state index >= 15 is 0 Å². The number of nitrogens with zero attached hydrogens (tertiary/aromatic N) is 2. The topological polar surface area (TPSA) is 106 Å². The molecule has 6 rings (SSSR count). The lowest BCUT2D eigenvalue weighted by Gasteiger charge is -2.18. The minimum Gasteiger partial charge on any atom is -0.493 e. The Bertz CT molecular complexity index is 1660. The molecule has 0 unspecified atom stereocenters. The highest BCUT2D eigenvalue weighted by Gasteiger charge is 2.29. The lowest BCUT2D eigenvalue weighted by molar-refractivity contribution is 0.174. The number of aromatic amines is 1. The molecule has 2 aliphatic heterocycles. The second-order valence-corrected chi connectivity index (χ2v) is 9.77. The molecule has 9 heteroatoms. The van der Waals surface area contributed by atoms with E-state index in [9.17, 15) is 14.7 Å². The number of aromatic nitrogens is 2. The highest BCUT2D eigenvalue weighted by molar-refractivity contribution is 7.99. The van der Waals surface area contributed by atoms with Crippen molar-refractivity contribution in [1.29, 1.82) is 0 Å². The molecule has 36 heavy (non-hydrogen) atoms. The monoisotopic (exact) mass is 499 g/mol. The molecule has 4 aromatic rings. The van der Waals surface area contributed by atoms with Crippen molar-refractivity contribution in [2.75, 3.05) is 6.79 Å². The number of hydrogen-bond acceptors (Lipinski definition) is 7. The number of aromatic hydroxyl groups is 1. The fourth-order valence-corrected chi connectivity index (χ4v) is 5.71. The number of para-hydroxylation sites is 2. The zero-order chi connectivity index (χ0) is 24.8. The Hall–Kier alpha value is -4.24. The van der Waals surface area contributed by atoms with Gasteiger partial charge in [0.15, 0.2) is 11.5 Å². The predicted molar refractivity (Wildman–Crippen MR) is 137 cm³/mol. The number of H-pyrrole nitrogens is 1. The molecule has 8 nitrogen and oxygen atoms in total. The van der Waals surface area contributed by atoms with Crippen LogP contribution in [0.2, 0.25) is 0 Å². The Labute approximate surface area is 209 Å². The number of thioether (sulfide) groups is 1. The molecule has 2 N–H and O–H groups in total. The van der Waals surface area contributed by atoms with E-state index in [4.69, 9.17) is 14.5 Å². The summed E-state index contributed by atoms with van der Waals surface area (Å²) in [4.78, 5) is 34.0. The summed E-state index contributed by atoms with van der Waals surface area (Å²) in [5.41, 5.74) is 1.87. The molecule has 0 aliphatic carbocycles. The Morgan fingerprint density at radius 2 is 1.81 bits per heavy atom. The summed E-state index contributed by atoms with van der Waals surface area (Å²) >= 11 is 1.62. The summed E-state index contributed by atoms with van der Waals surface area (Å²) in [7, 11) is 0. The number of hydrogen-bond donors (Lipinski definition) is 2. The second-order valence-electron chi connectivity index (χ2n) is 8.53. The average Bonchev–Trinajstić information content (AvgIpc) is 3.25. The third kappa shape index (κ3) is 3.77. The van der Waals surface area contributed by atoms with E-state index in [1.54, 1.807) is 23.9 Å². The van der Waals surface area contributed by atoms with Gasteiger partial charge < -0.3 is 14.6 Å². The zero-order valence-corrected chi connectivity index (χ0v) is 20.0. The largest absolute Gasteiger partial charge is 0.493 e. The van der Waals surface area contributed by atoms with Crippen LogP contribution in [0.5, 0.6) is 17.4 Å². The Kier molecular flexibility index (Phi) is 5.41. The Balaban J connectivity index is 1.53. The molecule has 0 saturated heterocycles. The maximum absolute atomic E-state index is 13.1. The summed E-state index contributed by atoms with van der Waals surface area (Å²) in [5, 5.41) is 11.2. The van der Waals surface area contributed by atoms with E-state index in [1.165, 1.54) is 0 Å². The molecule has 1 aromatic heterocycles. The molecular weight excluding hydrogens is 478 g/mol. The number of nitrogens with one attached hydrogen (secondary N) is 1. The maximum atomic E-state index is 13.1. The van der Waals surface area contributed by atoms with Crippen LogP contribution in [0.25, 0.3) is 5.69 Å². The molecule has 180 valence electrons. The normalized spacial score (nSPS) is 16.2. The number of fused-ring (bicyclic) bond motifs is 2. The number of rotatable bonds is 3. The van der Waals surface area contributed by atoms with E-state index in [-0.39, 0.29) is 17.6 Å². The van der Waals surface area contributed by atoms with Crippen molar-refractivity contribution in [3.8, 4) is 23.1 Å². The molecule has 3 heterocycles. The molecule has 0 spiro atoms. The first kappa shape index (κ1) is 22.2. The Morgan fingerprint density at radius 3 is 2.67 bits per heavy atom. The predicted octanol–water partition coefficient (Wildman–Crippen LogP) is 4.63. The van der Waals surface area contributed by atoms with Crippen LogP contribution < -0.4 is 20.7 Å². The van der Waals surface area contributed by atoms with Gasteiger partial charge in [-0.2, -0.15) is 0 Å². The van der Waals surface area contributed by atoms with Crippen LogP contribution >= 0.6 is 11.8 Å². The van der Waals surface area contributed by atoms with Crippen molar-refractivity contribution in [2.45, 2.75) is 23.5 Å². The third-order valence-electron chi connectivity index (χ3n) is 6.27. The van der Waals surface area contributed by atoms with Gasteiger partial charge in [0.05, 0.1) is 17.1 Å². The summed E-state index contributed by atoms with van der Waals surface area (Å²) in [5.74, 6) is 0.912. The molecule has 3 aromatic carbocycles. The number of aliphatic imine (C=N–C) groups is 1. The van der Waals surface area contributed by atoms with E-state index in [0.717, 1.165) is 20.6 Å². The van der Waals surface area contributed by atoms with E-state index in [1.807, 2.05) is 61.5 Å². The van der Waals surface area contributed by atoms with Crippen LogP contribution in [-0.2, 0) is 0 Å². The van der Waals surface area contributed by atoms with Crippen LogP contribution in [0.3, 0.4) is 0 Å². The van der Waals surface area contributed by atoms with E-state index < -0.39 is 17.1 Å². The molecule has 2 aliphatic rings. The quantitative estimate of drug-likeness (QED) is 0.426. The smallest absolute Gasteiger partial charge is 0.335 e. The van der Waals surface area contributed by atoms with Crippen LogP contribution in [0, 0.1) is 6.92 Å². The van der Waals surface area contributed by atoms with E-state index in [0.29, 0.717) is 35.0 Å². The Morgan fingerprint density at radius 1 is 1.03 bits per heavy atom. The summed E-state index contributed by atoms with van der Waals surface area (Å²) in [6, 6.07) is 20.6. The maximum Gasteiger partial charge on any atom is 0.335 e. The van der Waals surface area contributed by atoms with Gasteiger partial charge in [-0.25, -0.2) is 9.36 Å². The van der Waals surface area contributed by atoms with Crippen molar-refractivity contribution < 1.29 is 14.6 Å². The van der Waals surface area contributed by atoms with Crippen molar-refractivity contribution >= 4 is 23.2 Å². The van der Waals surface area contributed by atoms with Gasteiger partial charge in [0, 0.05) is 16.6 Å². The SMILES string of the molecule is Cc1ccccc1-n1c(O)c(C2=Nc3ccccc3S[C@@H](c3ccc4c(c3)OCO4)C2)c(=O)[nH]c1=O. The van der Waals surface area contributed by atoms with Crippen LogP contribution in [0.4, 0.5) is 5.69 Å². The molecule has 0 bridgehead atoms. The first-order valence-corrected chi connectivity index (χ1v) is 12.2. The number of aryl methyl sites for hydroxylation is 1. The molecular formula is C27H21N3O5S. The highest BCUT2D eigenvalue weighted by atomic mass is 32.2. The lowest BCUT2D eigenvalue weighted by Crippen LogP contribution is -2.33. The molecule has 0 fully saturated rings. The third-order valence-corrected chi connectivity index (χ3v) is 7.59. The first-order valence-electron chi connectivity index (χ1n) is 11.4. The van der Waals surface area contributed by atoms with Gasteiger partial charge in [-0.15, -0.1) is 11.8 Å². The fourth-order valence-electron chi connectivity index (χ4n) is 4.49. The van der Waals surface area contributed by atoms with Crippen molar-refractivity contribution in [1.82, 2.24) is 9.55 Å². The van der Waals surface area contributed by atoms with Gasteiger partial charge in [-0.1, -0.05) is 36.4 Å². The van der Waals surface area contributed by atoms with Crippen molar-refractivity contribution in [3.05, 3.63) is 104 Å². The van der Waals surface area contributed by atoms with Crippen LogP contribution in [0.15, 0.2) is 86.2 Å². The minimum atomic E-state index is -0.716. The molecule has 0 amide bonds. The molecule has 0 saturated carbocycles. The molecule has 1 atom stereocenters. The summed E-state index contributed by atoms with van der Waals surface area (Å²) in [6.45, 7) is 2.01. The standard InChI is InChI=1S/C27H21N3O5S/c1-15-6-2-4-8-19(15)30-26(32)24(25(31)29-27(30)33)18-13-23(36-22-9-5-3-7-17(22)28-18)16-10-11-20-21(12-16)35-14-34-20/h2-12,23,32H,13-14H2,1H3,(H,29,31,33)/t23-/m1/s1. The van der Waals surface area contributed by atoms with Crippen molar-refractivity contribution in [2.24, 2.45) is 4.99 Å². The van der Waals surface area contributed by atoms with Gasteiger partial charge in [0.2, 0.25) is 12.7 Å². The van der Waals surface area contributed by atoms with Crippen LogP contribution in [0.1, 0.15) is 28.4 Å². The zero-order valence-electron chi connectivity index (χ0n) is 19.2. The first-order chi connectivity index (χ1) is 17.5. The minimum absolute atomic E-state index is 0.0269. The number of benzene rings is 3. The van der Waals surface area contributed by atoms with Gasteiger partial charge in [0.25, 0.3) is 5.56 Å². The van der Waals surface area contributed by atoms with Gasteiger partial charge in [-0.05, 0) is 48.4 Å². The average molecular weight is 500 g/mol. The van der Waals surface area contributed by atoms with E-state index in [2.05, 4.69) is 4.98 Å². The number of ether oxygens (including phenoxy) is 2.